The average Bonchev–Trinajstić information content (AvgIpc) is 3.01. The lowest BCUT2D eigenvalue weighted by Gasteiger charge is -2.63. The first-order valence-corrected chi connectivity index (χ1v) is 11.8. The molecule has 30 heavy (non-hydrogen) atoms. The van der Waals surface area contributed by atoms with E-state index < -0.39 is 5.60 Å². The molecule has 164 valence electrons. The Labute approximate surface area is 179 Å². The van der Waals surface area contributed by atoms with Crippen molar-refractivity contribution in [2.24, 2.45) is 39.6 Å². The summed E-state index contributed by atoms with van der Waals surface area (Å²) >= 11 is 0. The third-order valence-electron chi connectivity index (χ3n) is 9.88. The van der Waals surface area contributed by atoms with E-state index in [-0.39, 0.29) is 22.9 Å². The Hall–Kier alpha value is -1.53. The van der Waals surface area contributed by atoms with Crippen molar-refractivity contribution >= 4 is 12.2 Å². The maximum absolute atomic E-state index is 12.2. The van der Waals surface area contributed by atoms with Crippen molar-refractivity contribution in [3.05, 3.63) is 18.5 Å². The van der Waals surface area contributed by atoms with Crippen LogP contribution in [0.3, 0.4) is 0 Å². The standard InChI is InChI=1S/C24H36N4O2/c1-22-9-7-18(29)14-16(22)4-5-20-19(22)8-10-23(2)17(6-11-24(20,23)30)15-27-28-21-25-12-3-13-26-21/h3,12-13,15-20,29-30H,4-11,14H2,1-2H3,(H,25,26,28)/b27-15+/t16-,17-,18+,19+,20-,22+,23-,24+/m1/s1. The highest BCUT2D eigenvalue weighted by Gasteiger charge is 2.66. The number of aromatic nitrogens is 2. The first-order chi connectivity index (χ1) is 14.4. The Morgan fingerprint density at radius 2 is 1.83 bits per heavy atom. The summed E-state index contributed by atoms with van der Waals surface area (Å²) in [5.74, 6) is 2.33. The van der Waals surface area contributed by atoms with Gasteiger partial charge in [0.2, 0.25) is 5.95 Å². The van der Waals surface area contributed by atoms with Gasteiger partial charge in [0, 0.05) is 29.9 Å². The van der Waals surface area contributed by atoms with Crippen LogP contribution in [0, 0.1) is 34.5 Å². The molecule has 4 saturated carbocycles. The normalized spacial score (nSPS) is 48.1. The lowest BCUT2D eigenvalue weighted by Crippen LogP contribution is -2.62. The molecule has 0 aliphatic heterocycles. The van der Waals surface area contributed by atoms with Crippen molar-refractivity contribution in [1.29, 1.82) is 0 Å². The van der Waals surface area contributed by atoms with Crippen LogP contribution in [0.4, 0.5) is 5.95 Å². The molecule has 4 aliphatic carbocycles. The molecule has 0 radical (unpaired) electrons. The molecule has 0 aromatic carbocycles. The molecule has 5 rings (SSSR count). The highest BCUT2D eigenvalue weighted by atomic mass is 16.3. The van der Waals surface area contributed by atoms with Crippen LogP contribution in [-0.4, -0.2) is 38.1 Å². The fraction of sp³-hybridized carbons (Fsp3) is 0.792. The predicted octanol–water partition coefficient (Wildman–Crippen LogP) is 4.01. The summed E-state index contributed by atoms with van der Waals surface area (Å²) in [6.45, 7) is 4.76. The van der Waals surface area contributed by atoms with E-state index in [4.69, 9.17) is 0 Å². The highest BCUT2D eigenvalue weighted by molar-refractivity contribution is 5.64. The van der Waals surface area contributed by atoms with Crippen LogP contribution in [0.15, 0.2) is 23.6 Å². The van der Waals surface area contributed by atoms with Gasteiger partial charge in [0.15, 0.2) is 0 Å². The zero-order chi connectivity index (χ0) is 21.0. The van der Waals surface area contributed by atoms with Gasteiger partial charge in [-0.1, -0.05) is 13.8 Å². The Morgan fingerprint density at radius 3 is 2.63 bits per heavy atom. The Kier molecular flexibility index (Phi) is 4.93. The van der Waals surface area contributed by atoms with Crippen molar-refractivity contribution in [3.63, 3.8) is 0 Å². The van der Waals surface area contributed by atoms with E-state index in [0.717, 1.165) is 51.4 Å². The minimum Gasteiger partial charge on any atom is -0.393 e. The maximum Gasteiger partial charge on any atom is 0.243 e. The lowest BCUT2D eigenvalue weighted by atomic mass is 9.43. The molecule has 1 heterocycles. The van der Waals surface area contributed by atoms with Crippen molar-refractivity contribution in [2.45, 2.75) is 83.3 Å². The SMILES string of the molecule is C[C@]12CC[C@H](O)C[C@H]1CC[C@@H]1[C@@H]2CC[C@]2(C)[C@@H](/C=N/Nc3ncccn3)CC[C@]12O. The van der Waals surface area contributed by atoms with Crippen LogP contribution in [0.25, 0.3) is 0 Å². The number of anilines is 1. The van der Waals surface area contributed by atoms with Crippen LogP contribution < -0.4 is 5.43 Å². The van der Waals surface area contributed by atoms with Gasteiger partial charge in [0.05, 0.1) is 11.7 Å². The van der Waals surface area contributed by atoms with E-state index in [0.29, 0.717) is 23.7 Å². The summed E-state index contributed by atoms with van der Waals surface area (Å²) in [4.78, 5) is 8.31. The van der Waals surface area contributed by atoms with Gasteiger partial charge in [-0.3, -0.25) is 0 Å². The fourth-order valence-electron chi connectivity index (χ4n) is 8.02. The van der Waals surface area contributed by atoms with E-state index in [9.17, 15) is 10.2 Å². The monoisotopic (exact) mass is 412 g/mol. The van der Waals surface area contributed by atoms with Crippen LogP contribution >= 0.6 is 0 Å². The van der Waals surface area contributed by atoms with Gasteiger partial charge in [0.25, 0.3) is 0 Å². The molecule has 4 aliphatic rings. The number of rotatable bonds is 3. The summed E-state index contributed by atoms with van der Waals surface area (Å²) in [6.07, 6.45) is 14.6. The Bertz CT molecular complexity index is 804. The number of nitrogens with one attached hydrogen (secondary N) is 1. The molecule has 4 fully saturated rings. The quantitative estimate of drug-likeness (QED) is 0.515. The van der Waals surface area contributed by atoms with Crippen LogP contribution in [0.2, 0.25) is 0 Å². The first-order valence-electron chi connectivity index (χ1n) is 11.8. The second kappa shape index (κ2) is 7.27. The molecule has 1 aromatic rings. The number of hydrogen-bond donors (Lipinski definition) is 3. The van der Waals surface area contributed by atoms with Crippen molar-refractivity contribution in [3.8, 4) is 0 Å². The molecule has 0 saturated heterocycles. The molecule has 0 amide bonds. The predicted molar refractivity (Wildman–Crippen MR) is 117 cm³/mol. The van der Waals surface area contributed by atoms with E-state index >= 15 is 0 Å². The number of hydrazone groups is 1. The molecule has 1 aromatic heterocycles. The minimum absolute atomic E-state index is 0.121. The topological polar surface area (TPSA) is 90.6 Å². The van der Waals surface area contributed by atoms with Gasteiger partial charge in [0.1, 0.15) is 0 Å². The van der Waals surface area contributed by atoms with Gasteiger partial charge in [-0.15, -0.1) is 0 Å². The van der Waals surface area contributed by atoms with Crippen LogP contribution in [0.5, 0.6) is 0 Å². The summed E-state index contributed by atoms with van der Waals surface area (Å²) in [5.41, 5.74) is 2.48. The lowest BCUT2D eigenvalue weighted by molar-refractivity contribution is -0.206. The number of fused-ring (bicyclic) bond motifs is 5. The van der Waals surface area contributed by atoms with E-state index in [1.54, 1.807) is 18.5 Å². The highest BCUT2D eigenvalue weighted by Crippen LogP contribution is 2.68. The maximum atomic E-state index is 12.2. The van der Waals surface area contributed by atoms with Crippen LogP contribution in [-0.2, 0) is 0 Å². The van der Waals surface area contributed by atoms with E-state index in [2.05, 4.69) is 34.3 Å². The van der Waals surface area contributed by atoms with Gasteiger partial charge >= 0.3 is 0 Å². The number of hydrogen-bond acceptors (Lipinski definition) is 6. The second-order valence-electron chi connectivity index (χ2n) is 10.9. The summed E-state index contributed by atoms with van der Waals surface area (Å²) in [6, 6.07) is 1.79. The average molecular weight is 413 g/mol. The van der Waals surface area contributed by atoms with Crippen LogP contribution in [0.1, 0.15) is 71.6 Å². The van der Waals surface area contributed by atoms with Gasteiger partial charge < -0.3 is 10.2 Å². The summed E-state index contributed by atoms with van der Waals surface area (Å²) in [7, 11) is 0. The van der Waals surface area contributed by atoms with Gasteiger partial charge in [-0.2, -0.15) is 5.10 Å². The fourth-order valence-corrected chi connectivity index (χ4v) is 8.02. The zero-order valence-corrected chi connectivity index (χ0v) is 18.3. The smallest absolute Gasteiger partial charge is 0.243 e. The zero-order valence-electron chi connectivity index (χ0n) is 18.3. The van der Waals surface area contributed by atoms with Gasteiger partial charge in [-0.25, -0.2) is 15.4 Å². The summed E-state index contributed by atoms with van der Waals surface area (Å²) < 4.78 is 0. The largest absolute Gasteiger partial charge is 0.393 e. The number of aliphatic hydroxyl groups excluding tert-OH is 1. The molecule has 8 atom stereocenters. The Morgan fingerprint density at radius 1 is 1.03 bits per heavy atom. The van der Waals surface area contributed by atoms with Crippen molar-refractivity contribution in [1.82, 2.24) is 9.97 Å². The van der Waals surface area contributed by atoms with Crippen molar-refractivity contribution in [2.75, 3.05) is 5.43 Å². The first kappa shape index (κ1) is 20.4. The second-order valence-corrected chi connectivity index (χ2v) is 10.9. The van der Waals surface area contributed by atoms with E-state index in [1.165, 1.54) is 6.42 Å². The molecule has 6 nitrogen and oxygen atoms in total. The molecule has 6 heteroatoms. The minimum atomic E-state index is -0.611. The third kappa shape index (κ3) is 2.94. The molecule has 0 unspecified atom stereocenters. The molecular weight excluding hydrogens is 376 g/mol. The molecule has 3 N–H and O–H groups in total. The molecular formula is C24H36N4O2. The number of nitrogens with zero attached hydrogens (tertiary/aromatic N) is 3. The molecule has 0 bridgehead atoms. The van der Waals surface area contributed by atoms with Gasteiger partial charge in [-0.05, 0) is 87.0 Å². The Balaban J connectivity index is 1.35. The van der Waals surface area contributed by atoms with Crippen molar-refractivity contribution < 1.29 is 10.2 Å². The van der Waals surface area contributed by atoms with E-state index in [1.807, 2.05) is 6.21 Å². The summed E-state index contributed by atoms with van der Waals surface area (Å²) in [5, 5.41) is 26.8. The third-order valence-corrected chi connectivity index (χ3v) is 9.88. The molecule has 0 spiro atoms. The number of aliphatic hydroxyl groups is 2.